The Morgan fingerprint density at radius 3 is 2.47 bits per heavy atom. The quantitative estimate of drug-likeness (QED) is 0.328. The largest absolute Gasteiger partial charge is 0.492 e. The molecule has 0 saturated carbocycles. The molecule has 1 amide bonds. The fraction of sp³-hybridized carbons (Fsp3) is 0.267. The van der Waals surface area contributed by atoms with Gasteiger partial charge in [0, 0.05) is 23.7 Å². The van der Waals surface area contributed by atoms with Crippen molar-refractivity contribution in [1.82, 2.24) is 15.2 Å². The Labute approximate surface area is 217 Å². The summed E-state index contributed by atoms with van der Waals surface area (Å²) in [5.74, 6) is 0.958. The lowest BCUT2D eigenvalue weighted by Crippen LogP contribution is -2.42. The highest BCUT2D eigenvalue weighted by atomic mass is 35.5. The Kier molecular flexibility index (Phi) is 7.79. The number of fused-ring (bicyclic) bond motifs is 1. The van der Waals surface area contributed by atoms with Crippen LogP contribution in [0.1, 0.15) is 30.1 Å². The topological polar surface area (TPSA) is 54.5 Å². The molecule has 0 bridgehead atoms. The summed E-state index contributed by atoms with van der Waals surface area (Å²) in [6.45, 7) is 3.25. The van der Waals surface area contributed by atoms with Gasteiger partial charge in [0.05, 0.1) is 11.7 Å². The third kappa shape index (κ3) is 6.04. The SMILES string of the molecule is O=C(NC(c1ccc(Cl)cc1)c1ccccn1)C1CCN(CCOc2ccc3ccccc3c2)CC1. The molecule has 1 aliphatic rings. The van der Waals surface area contributed by atoms with E-state index in [0.29, 0.717) is 11.6 Å². The Balaban J connectivity index is 1.13. The second-order valence-electron chi connectivity index (χ2n) is 9.22. The molecule has 0 spiro atoms. The van der Waals surface area contributed by atoms with E-state index in [0.717, 1.165) is 49.5 Å². The first-order chi connectivity index (χ1) is 17.7. The molecular weight excluding hydrogens is 470 g/mol. The number of carbonyl (C=O) groups is 1. The molecule has 1 unspecified atom stereocenters. The average molecular weight is 500 g/mol. The number of benzene rings is 3. The standard InChI is InChI=1S/C30H30ClN3O2/c31-26-11-8-23(9-12-26)29(28-7-3-4-16-32-28)33-30(35)24-14-17-34(18-15-24)19-20-36-27-13-10-22-5-1-2-6-25(22)21-27/h1-13,16,21,24,29H,14-15,17-20H2,(H,33,35). The van der Waals surface area contributed by atoms with Crippen LogP contribution in [0.4, 0.5) is 0 Å². The number of likely N-dealkylation sites (tertiary alicyclic amines) is 1. The summed E-state index contributed by atoms with van der Waals surface area (Å²) < 4.78 is 6.01. The van der Waals surface area contributed by atoms with Gasteiger partial charge in [0.25, 0.3) is 0 Å². The molecule has 1 atom stereocenters. The molecule has 5 rings (SSSR count). The van der Waals surface area contributed by atoms with Gasteiger partial charge in [-0.15, -0.1) is 0 Å². The lowest BCUT2D eigenvalue weighted by atomic mass is 9.94. The van der Waals surface area contributed by atoms with Gasteiger partial charge in [-0.1, -0.05) is 60.1 Å². The van der Waals surface area contributed by atoms with E-state index in [9.17, 15) is 4.79 Å². The highest BCUT2D eigenvalue weighted by Gasteiger charge is 2.27. The Morgan fingerprint density at radius 2 is 1.72 bits per heavy atom. The highest BCUT2D eigenvalue weighted by Crippen LogP contribution is 2.25. The first-order valence-electron chi connectivity index (χ1n) is 12.5. The van der Waals surface area contributed by atoms with Crippen LogP contribution in [0.5, 0.6) is 5.75 Å². The lowest BCUT2D eigenvalue weighted by molar-refractivity contribution is -0.127. The van der Waals surface area contributed by atoms with Crippen LogP contribution in [0.15, 0.2) is 91.1 Å². The second-order valence-corrected chi connectivity index (χ2v) is 9.66. The highest BCUT2D eigenvalue weighted by molar-refractivity contribution is 6.30. The molecular formula is C30H30ClN3O2. The van der Waals surface area contributed by atoms with Crippen molar-refractivity contribution in [3.63, 3.8) is 0 Å². The van der Waals surface area contributed by atoms with Gasteiger partial charge in [0.15, 0.2) is 0 Å². The van der Waals surface area contributed by atoms with E-state index in [4.69, 9.17) is 16.3 Å². The zero-order valence-electron chi connectivity index (χ0n) is 20.1. The number of nitrogens with zero attached hydrogens (tertiary/aromatic N) is 2. The van der Waals surface area contributed by atoms with Crippen LogP contribution in [0, 0.1) is 5.92 Å². The van der Waals surface area contributed by atoms with Crippen molar-refractivity contribution in [1.29, 1.82) is 0 Å². The number of amides is 1. The van der Waals surface area contributed by atoms with Crippen LogP contribution in [0.3, 0.4) is 0 Å². The molecule has 3 aromatic carbocycles. The van der Waals surface area contributed by atoms with Crippen LogP contribution >= 0.6 is 11.6 Å². The number of aromatic nitrogens is 1. The Hall–Kier alpha value is -3.41. The number of nitrogens with one attached hydrogen (secondary N) is 1. The van der Waals surface area contributed by atoms with E-state index in [-0.39, 0.29) is 17.9 Å². The number of halogens is 1. The summed E-state index contributed by atoms with van der Waals surface area (Å²) in [6, 6.07) is 27.5. The molecule has 4 aromatic rings. The molecule has 1 aliphatic heterocycles. The van der Waals surface area contributed by atoms with Gasteiger partial charge in [-0.25, -0.2) is 0 Å². The minimum absolute atomic E-state index is 0.0128. The van der Waals surface area contributed by atoms with Gasteiger partial charge >= 0.3 is 0 Å². The summed E-state index contributed by atoms with van der Waals surface area (Å²) in [4.78, 5) is 20.1. The van der Waals surface area contributed by atoms with E-state index in [1.165, 1.54) is 10.8 Å². The number of hydrogen-bond donors (Lipinski definition) is 1. The summed E-state index contributed by atoms with van der Waals surface area (Å²) in [5.41, 5.74) is 1.78. The van der Waals surface area contributed by atoms with Crippen LogP contribution in [-0.2, 0) is 4.79 Å². The fourth-order valence-electron chi connectivity index (χ4n) is 4.76. The number of pyridine rings is 1. The van der Waals surface area contributed by atoms with Crippen molar-refractivity contribution in [3.8, 4) is 5.75 Å². The third-order valence-electron chi connectivity index (χ3n) is 6.83. The van der Waals surface area contributed by atoms with E-state index in [1.807, 2.05) is 60.7 Å². The van der Waals surface area contributed by atoms with Gasteiger partial charge < -0.3 is 10.1 Å². The van der Waals surface area contributed by atoms with E-state index in [2.05, 4.69) is 39.5 Å². The van der Waals surface area contributed by atoms with Crippen molar-refractivity contribution in [2.45, 2.75) is 18.9 Å². The normalized spacial score (nSPS) is 15.5. The van der Waals surface area contributed by atoms with E-state index >= 15 is 0 Å². The summed E-state index contributed by atoms with van der Waals surface area (Å²) in [6.07, 6.45) is 3.41. The summed E-state index contributed by atoms with van der Waals surface area (Å²) in [7, 11) is 0. The Morgan fingerprint density at radius 1 is 0.972 bits per heavy atom. The van der Waals surface area contributed by atoms with Crippen molar-refractivity contribution in [3.05, 3.63) is 107 Å². The summed E-state index contributed by atoms with van der Waals surface area (Å²) >= 11 is 6.08. The molecule has 1 aromatic heterocycles. The number of rotatable bonds is 8. The maximum atomic E-state index is 13.2. The molecule has 36 heavy (non-hydrogen) atoms. The molecule has 2 heterocycles. The molecule has 6 heteroatoms. The predicted molar refractivity (Wildman–Crippen MR) is 144 cm³/mol. The third-order valence-corrected chi connectivity index (χ3v) is 7.08. The maximum Gasteiger partial charge on any atom is 0.224 e. The van der Waals surface area contributed by atoms with Gasteiger partial charge in [-0.05, 0) is 78.7 Å². The molecule has 0 radical (unpaired) electrons. The molecule has 0 aliphatic carbocycles. The van der Waals surface area contributed by atoms with Crippen LogP contribution in [0.25, 0.3) is 10.8 Å². The van der Waals surface area contributed by atoms with E-state index in [1.54, 1.807) is 6.20 Å². The van der Waals surface area contributed by atoms with Crippen molar-refractivity contribution in [2.24, 2.45) is 5.92 Å². The number of hydrogen-bond acceptors (Lipinski definition) is 4. The number of piperidine rings is 1. The van der Waals surface area contributed by atoms with Gasteiger partial charge in [0.1, 0.15) is 12.4 Å². The van der Waals surface area contributed by atoms with Gasteiger partial charge in [-0.2, -0.15) is 0 Å². The first kappa shape index (κ1) is 24.3. The fourth-order valence-corrected chi connectivity index (χ4v) is 4.88. The molecule has 184 valence electrons. The number of ether oxygens (including phenoxy) is 1. The molecule has 1 fully saturated rings. The Bertz CT molecular complexity index is 1290. The monoisotopic (exact) mass is 499 g/mol. The van der Waals surface area contributed by atoms with Crippen molar-refractivity contribution in [2.75, 3.05) is 26.2 Å². The molecule has 1 N–H and O–H groups in total. The van der Waals surface area contributed by atoms with Gasteiger partial charge in [-0.3, -0.25) is 14.7 Å². The average Bonchev–Trinajstić information content (AvgIpc) is 2.93. The predicted octanol–water partition coefficient (Wildman–Crippen LogP) is 5.88. The van der Waals surface area contributed by atoms with Crippen LogP contribution < -0.4 is 10.1 Å². The summed E-state index contributed by atoms with van der Waals surface area (Å²) in [5, 5.41) is 6.31. The minimum Gasteiger partial charge on any atom is -0.492 e. The second kappa shape index (κ2) is 11.5. The zero-order chi connectivity index (χ0) is 24.7. The maximum absolute atomic E-state index is 13.2. The first-order valence-corrected chi connectivity index (χ1v) is 12.8. The smallest absolute Gasteiger partial charge is 0.224 e. The van der Waals surface area contributed by atoms with Crippen LogP contribution in [-0.4, -0.2) is 42.0 Å². The lowest BCUT2D eigenvalue weighted by Gasteiger charge is -2.32. The van der Waals surface area contributed by atoms with E-state index < -0.39 is 0 Å². The van der Waals surface area contributed by atoms with Crippen LogP contribution in [0.2, 0.25) is 5.02 Å². The minimum atomic E-state index is -0.302. The zero-order valence-corrected chi connectivity index (χ0v) is 20.9. The number of carbonyl (C=O) groups excluding carboxylic acids is 1. The van der Waals surface area contributed by atoms with Crippen molar-refractivity contribution < 1.29 is 9.53 Å². The molecule has 5 nitrogen and oxygen atoms in total. The molecule has 1 saturated heterocycles. The van der Waals surface area contributed by atoms with Crippen molar-refractivity contribution >= 4 is 28.3 Å². The van der Waals surface area contributed by atoms with Gasteiger partial charge in [0.2, 0.25) is 5.91 Å².